The number of hydrogen-bond donors (Lipinski definition) is 0. The van der Waals surface area contributed by atoms with Crippen molar-refractivity contribution < 1.29 is 9.13 Å². The topological polar surface area (TPSA) is 44.1 Å². The van der Waals surface area contributed by atoms with Gasteiger partial charge in [0.25, 0.3) is 5.56 Å². The molecule has 3 rings (SSSR count). The molecule has 0 radical (unpaired) electrons. The van der Waals surface area contributed by atoms with Crippen LogP contribution in [-0.2, 0) is 6.54 Å². The lowest BCUT2D eigenvalue weighted by atomic mass is 10.2. The minimum absolute atomic E-state index is 0.153. The Morgan fingerprint density at radius 2 is 2.04 bits per heavy atom. The van der Waals surface area contributed by atoms with Crippen molar-refractivity contribution in [2.75, 3.05) is 12.4 Å². The maximum Gasteiger partial charge on any atom is 0.262 e. The van der Waals surface area contributed by atoms with E-state index in [4.69, 9.17) is 16.3 Å². The molecule has 0 fully saturated rings. The Balaban J connectivity index is 1.76. The fraction of sp³-hybridized carbons (Fsp3) is 0.158. The Kier molecular flexibility index (Phi) is 5.96. The van der Waals surface area contributed by atoms with E-state index in [0.29, 0.717) is 45.7 Å². The molecule has 134 valence electrons. The van der Waals surface area contributed by atoms with Gasteiger partial charge >= 0.3 is 0 Å². The zero-order valence-corrected chi connectivity index (χ0v) is 15.4. The molecule has 3 aromatic rings. The summed E-state index contributed by atoms with van der Waals surface area (Å²) in [6, 6.07) is 10.9. The molecule has 0 aliphatic heterocycles. The number of allylic oxidation sites excluding steroid dienone is 1. The fourth-order valence-electron chi connectivity index (χ4n) is 2.40. The summed E-state index contributed by atoms with van der Waals surface area (Å²) in [5.74, 6) is 0.872. The molecule has 0 bridgehead atoms. The molecule has 1 heterocycles. The summed E-state index contributed by atoms with van der Waals surface area (Å²) < 4.78 is 20.0. The summed E-state index contributed by atoms with van der Waals surface area (Å²) in [5.41, 5.74) is 0.445. The Labute approximate surface area is 159 Å². The van der Waals surface area contributed by atoms with E-state index < -0.39 is 0 Å². The summed E-state index contributed by atoms with van der Waals surface area (Å²) in [7, 11) is 0. The molecule has 0 aliphatic carbocycles. The third-order valence-corrected chi connectivity index (χ3v) is 4.77. The number of hydrogen-bond acceptors (Lipinski definition) is 4. The van der Waals surface area contributed by atoms with Gasteiger partial charge in [0.15, 0.2) is 5.16 Å². The number of thioether (sulfide) groups is 1. The molecule has 1 aromatic heterocycles. The highest BCUT2D eigenvalue weighted by atomic mass is 35.5. The van der Waals surface area contributed by atoms with E-state index in [0.717, 1.165) is 0 Å². The molecule has 0 spiro atoms. The Hall–Kier alpha value is -2.31. The summed E-state index contributed by atoms with van der Waals surface area (Å²) in [4.78, 5) is 17.3. The van der Waals surface area contributed by atoms with Crippen molar-refractivity contribution in [1.29, 1.82) is 0 Å². The van der Waals surface area contributed by atoms with Crippen LogP contribution in [0.2, 0.25) is 5.02 Å². The second-order valence-electron chi connectivity index (χ2n) is 5.41. The van der Waals surface area contributed by atoms with E-state index in [9.17, 15) is 9.18 Å². The number of nitrogens with zero attached hydrogens (tertiary/aromatic N) is 2. The average Bonchev–Trinajstić information content (AvgIpc) is 2.64. The van der Waals surface area contributed by atoms with Gasteiger partial charge in [0, 0.05) is 17.3 Å². The standard InChI is InChI=1S/C19H16ClFN2O2S/c1-2-9-23-18(24)16-12-13(20)3-8-17(16)22-19(23)26-11-10-25-15-6-4-14(21)5-7-15/h2-8,12H,1,9-11H2. The van der Waals surface area contributed by atoms with Crippen LogP contribution in [0.5, 0.6) is 5.75 Å². The molecule has 2 aromatic carbocycles. The normalized spacial score (nSPS) is 10.8. The molecule has 0 N–H and O–H groups in total. The molecule has 7 heteroatoms. The minimum atomic E-state index is -0.305. The lowest BCUT2D eigenvalue weighted by Crippen LogP contribution is -2.23. The van der Waals surface area contributed by atoms with Crippen LogP contribution in [0.25, 0.3) is 10.9 Å². The van der Waals surface area contributed by atoms with Crippen LogP contribution in [0.3, 0.4) is 0 Å². The average molecular weight is 391 g/mol. The monoisotopic (exact) mass is 390 g/mol. The smallest absolute Gasteiger partial charge is 0.262 e. The van der Waals surface area contributed by atoms with Gasteiger partial charge in [-0.2, -0.15) is 0 Å². The predicted molar refractivity (Wildman–Crippen MR) is 104 cm³/mol. The highest BCUT2D eigenvalue weighted by molar-refractivity contribution is 7.99. The first-order valence-electron chi connectivity index (χ1n) is 7.90. The maximum atomic E-state index is 12.9. The van der Waals surface area contributed by atoms with Gasteiger partial charge in [0.1, 0.15) is 11.6 Å². The third-order valence-electron chi connectivity index (χ3n) is 3.59. The van der Waals surface area contributed by atoms with Crippen molar-refractivity contribution in [3.8, 4) is 5.75 Å². The lowest BCUT2D eigenvalue weighted by molar-refractivity contribution is 0.343. The van der Waals surface area contributed by atoms with E-state index in [1.54, 1.807) is 41.0 Å². The van der Waals surface area contributed by atoms with Crippen LogP contribution in [0.4, 0.5) is 4.39 Å². The first-order valence-corrected chi connectivity index (χ1v) is 9.27. The first-order chi connectivity index (χ1) is 12.6. The number of ether oxygens (including phenoxy) is 1. The largest absolute Gasteiger partial charge is 0.493 e. The molecule has 0 saturated carbocycles. The molecule has 0 saturated heterocycles. The second kappa shape index (κ2) is 8.38. The quantitative estimate of drug-likeness (QED) is 0.257. The molecule has 0 aliphatic rings. The molecular formula is C19H16ClFN2O2S. The minimum Gasteiger partial charge on any atom is -0.493 e. The van der Waals surface area contributed by atoms with E-state index >= 15 is 0 Å². The van der Waals surface area contributed by atoms with Gasteiger partial charge in [-0.3, -0.25) is 9.36 Å². The summed E-state index contributed by atoms with van der Waals surface area (Å²) in [5, 5.41) is 1.56. The van der Waals surface area contributed by atoms with Gasteiger partial charge in [-0.15, -0.1) is 6.58 Å². The van der Waals surface area contributed by atoms with Gasteiger partial charge in [-0.05, 0) is 42.5 Å². The molecular weight excluding hydrogens is 375 g/mol. The van der Waals surface area contributed by atoms with Crippen LogP contribution in [0.15, 0.2) is 65.1 Å². The summed E-state index contributed by atoms with van der Waals surface area (Å²) in [6.07, 6.45) is 1.65. The lowest BCUT2D eigenvalue weighted by Gasteiger charge is -2.12. The fourth-order valence-corrected chi connectivity index (χ4v) is 3.39. The van der Waals surface area contributed by atoms with Gasteiger partial charge in [0.2, 0.25) is 0 Å². The van der Waals surface area contributed by atoms with Crippen LogP contribution < -0.4 is 10.3 Å². The van der Waals surface area contributed by atoms with Gasteiger partial charge in [0.05, 0.1) is 17.5 Å². The molecule has 26 heavy (non-hydrogen) atoms. The summed E-state index contributed by atoms with van der Waals surface area (Å²) >= 11 is 7.40. The van der Waals surface area contributed by atoms with Crippen molar-refractivity contribution in [1.82, 2.24) is 9.55 Å². The second-order valence-corrected chi connectivity index (χ2v) is 6.91. The Bertz CT molecular complexity index is 989. The van der Waals surface area contributed by atoms with Crippen LogP contribution in [-0.4, -0.2) is 21.9 Å². The van der Waals surface area contributed by atoms with E-state index in [-0.39, 0.29) is 11.4 Å². The van der Waals surface area contributed by atoms with Gasteiger partial charge < -0.3 is 4.74 Å². The molecule has 0 atom stereocenters. The Morgan fingerprint density at radius 1 is 1.27 bits per heavy atom. The van der Waals surface area contributed by atoms with E-state index in [1.165, 1.54) is 23.9 Å². The van der Waals surface area contributed by atoms with Gasteiger partial charge in [-0.1, -0.05) is 29.4 Å². The highest BCUT2D eigenvalue weighted by Crippen LogP contribution is 2.21. The van der Waals surface area contributed by atoms with Crippen molar-refractivity contribution in [2.24, 2.45) is 0 Å². The number of benzene rings is 2. The van der Waals surface area contributed by atoms with Crippen molar-refractivity contribution in [3.05, 3.63) is 76.3 Å². The highest BCUT2D eigenvalue weighted by Gasteiger charge is 2.11. The zero-order valence-electron chi connectivity index (χ0n) is 13.8. The zero-order chi connectivity index (χ0) is 18.5. The van der Waals surface area contributed by atoms with E-state index in [2.05, 4.69) is 11.6 Å². The van der Waals surface area contributed by atoms with Gasteiger partial charge in [-0.25, -0.2) is 9.37 Å². The van der Waals surface area contributed by atoms with E-state index in [1.807, 2.05) is 0 Å². The number of halogens is 2. The molecule has 4 nitrogen and oxygen atoms in total. The number of aromatic nitrogens is 2. The first kappa shape index (κ1) is 18.5. The Morgan fingerprint density at radius 3 is 2.77 bits per heavy atom. The predicted octanol–water partition coefficient (Wildman–Crippen LogP) is 4.55. The van der Waals surface area contributed by atoms with Crippen LogP contribution >= 0.6 is 23.4 Å². The maximum absolute atomic E-state index is 12.9. The number of rotatable bonds is 7. The number of fused-ring (bicyclic) bond motifs is 1. The summed E-state index contributed by atoms with van der Waals surface area (Å²) in [6.45, 7) is 4.46. The van der Waals surface area contributed by atoms with Crippen LogP contribution in [0.1, 0.15) is 0 Å². The van der Waals surface area contributed by atoms with Crippen molar-refractivity contribution in [3.63, 3.8) is 0 Å². The molecule has 0 amide bonds. The van der Waals surface area contributed by atoms with Crippen molar-refractivity contribution in [2.45, 2.75) is 11.7 Å². The third kappa shape index (κ3) is 4.26. The van der Waals surface area contributed by atoms with Crippen LogP contribution in [0, 0.1) is 5.82 Å². The van der Waals surface area contributed by atoms with Crippen molar-refractivity contribution >= 4 is 34.3 Å². The SMILES string of the molecule is C=CCn1c(SCCOc2ccc(F)cc2)nc2ccc(Cl)cc2c1=O. The molecule has 0 unspecified atom stereocenters.